The van der Waals surface area contributed by atoms with Crippen LogP contribution in [0.25, 0.3) is 0 Å². The average molecular weight is 584 g/mol. The fourth-order valence-electron chi connectivity index (χ4n) is 6.53. The summed E-state index contributed by atoms with van der Waals surface area (Å²) in [6, 6.07) is 6.64. The Kier molecular flexibility index (Phi) is 9.52. The van der Waals surface area contributed by atoms with Gasteiger partial charge in [0, 0.05) is 57.2 Å². The summed E-state index contributed by atoms with van der Waals surface area (Å²) < 4.78 is 43.5. The third-order valence-electron chi connectivity index (χ3n) is 9.03. The summed E-state index contributed by atoms with van der Waals surface area (Å²) in [5, 5.41) is 7.12. The van der Waals surface area contributed by atoms with E-state index in [0.717, 1.165) is 88.0 Å². The van der Waals surface area contributed by atoms with E-state index in [4.69, 9.17) is 19.4 Å². The van der Waals surface area contributed by atoms with E-state index in [9.17, 15) is 22.8 Å². The highest BCUT2D eigenvalue weighted by atomic mass is 19.4. The molecule has 4 saturated heterocycles. The number of carboxylic acid groups (broad SMARTS) is 1. The van der Waals surface area contributed by atoms with Crippen molar-refractivity contribution >= 4 is 18.0 Å². The summed E-state index contributed by atoms with van der Waals surface area (Å²) in [4.78, 5) is 41.3. The number of likely N-dealkylation sites (tertiary alicyclic amines) is 2. The molecule has 228 valence electrons. The first-order valence-corrected chi connectivity index (χ1v) is 14.3. The van der Waals surface area contributed by atoms with Crippen LogP contribution in [0.5, 0.6) is 0 Å². The molecule has 2 atom stereocenters. The molecule has 0 saturated carbocycles. The number of carboxylic acids is 1. The number of aryl methyl sites for hydroxylation is 2. The number of benzene rings is 1. The fraction of sp³-hybridized carbons (Fsp3) is 0.690. The molecule has 9 nitrogen and oxygen atoms in total. The second kappa shape index (κ2) is 12.6. The highest BCUT2D eigenvalue weighted by molar-refractivity contribution is 5.97. The number of hydrogen-bond donors (Lipinski definition) is 1. The average Bonchev–Trinajstić information content (AvgIpc) is 3.52. The lowest BCUT2D eigenvalue weighted by atomic mass is 9.83. The Balaban J connectivity index is 0.000000493. The summed E-state index contributed by atoms with van der Waals surface area (Å²) in [6.45, 7) is 11.1. The lowest BCUT2D eigenvalue weighted by Crippen LogP contribution is -2.55. The molecule has 1 spiro atoms. The van der Waals surface area contributed by atoms with Gasteiger partial charge in [-0.1, -0.05) is 18.2 Å². The minimum atomic E-state index is -5.08. The monoisotopic (exact) mass is 583 g/mol. The number of piperidine rings is 2. The fourth-order valence-corrected chi connectivity index (χ4v) is 6.53. The number of aliphatic carboxylic acids is 1. The molecule has 5 rings (SSSR count). The first kappa shape index (κ1) is 31.1. The Bertz CT molecular complexity index is 1090. The zero-order chi connectivity index (χ0) is 29.9. The molecule has 4 heterocycles. The number of halogens is 3. The molecule has 1 N–H and O–H groups in total. The van der Waals surface area contributed by atoms with Gasteiger partial charge in [0.1, 0.15) is 5.60 Å². The quantitative estimate of drug-likeness (QED) is 0.561. The summed E-state index contributed by atoms with van der Waals surface area (Å²) in [5.74, 6) is -2.59. The molecule has 1 aromatic rings. The second-order valence-corrected chi connectivity index (χ2v) is 11.5. The largest absolute Gasteiger partial charge is 0.490 e. The van der Waals surface area contributed by atoms with Crippen LogP contribution in [0.3, 0.4) is 0 Å². The molecule has 4 aliphatic rings. The first-order valence-electron chi connectivity index (χ1n) is 14.3. The van der Waals surface area contributed by atoms with Gasteiger partial charge in [-0.3, -0.25) is 14.6 Å². The minimum Gasteiger partial charge on any atom is -0.475 e. The number of rotatable bonds is 4. The molecule has 12 heteroatoms. The standard InChI is InChI=1S/C27H39N3O4.C2HF3O2/c1-19-6-4-7-20(2)24(19)25(31)29-13-9-22(10-14-29)28-15-11-27(12-16-28)21(3)30(26(32)34-27)18-23-8-5-17-33-23;3-2(4,5)1(6)7/h4,6-7,21-23H,5,8-18H2,1-3H3;(H,6,7). The molecule has 4 fully saturated rings. The van der Waals surface area contributed by atoms with Crippen LogP contribution in [0.1, 0.15) is 66.9 Å². The van der Waals surface area contributed by atoms with Crippen LogP contribution >= 0.6 is 0 Å². The molecule has 2 amide bonds. The predicted molar refractivity (Wildman–Crippen MR) is 144 cm³/mol. The smallest absolute Gasteiger partial charge is 0.475 e. The Morgan fingerprint density at radius 2 is 1.63 bits per heavy atom. The maximum absolute atomic E-state index is 13.2. The summed E-state index contributed by atoms with van der Waals surface area (Å²) in [6.07, 6.45) is 0.775. The Hall–Kier alpha value is -2.86. The van der Waals surface area contributed by atoms with E-state index in [1.165, 1.54) is 0 Å². The van der Waals surface area contributed by atoms with E-state index in [-0.39, 0.29) is 29.7 Å². The van der Waals surface area contributed by atoms with Crippen molar-refractivity contribution in [3.8, 4) is 0 Å². The van der Waals surface area contributed by atoms with Gasteiger partial charge in [0.25, 0.3) is 5.91 Å². The molecule has 0 radical (unpaired) electrons. The van der Waals surface area contributed by atoms with Crippen LogP contribution in [-0.4, -0.2) is 107 Å². The second-order valence-electron chi connectivity index (χ2n) is 11.5. The maximum atomic E-state index is 13.2. The van der Waals surface area contributed by atoms with E-state index in [1.54, 1.807) is 0 Å². The predicted octanol–water partition coefficient (Wildman–Crippen LogP) is 4.40. The number of carbonyl (C=O) groups is 3. The van der Waals surface area contributed by atoms with Gasteiger partial charge in [-0.15, -0.1) is 0 Å². The van der Waals surface area contributed by atoms with Crippen molar-refractivity contribution in [2.45, 2.75) is 89.3 Å². The molecular weight excluding hydrogens is 543 g/mol. The van der Waals surface area contributed by atoms with Gasteiger partial charge >= 0.3 is 18.2 Å². The van der Waals surface area contributed by atoms with E-state index >= 15 is 0 Å². The lowest BCUT2D eigenvalue weighted by Gasteiger charge is -2.45. The van der Waals surface area contributed by atoms with Crippen LogP contribution in [0.15, 0.2) is 18.2 Å². The molecule has 4 aliphatic heterocycles. The van der Waals surface area contributed by atoms with Crippen molar-refractivity contribution in [2.75, 3.05) is 39.3 Å². The number of nitrogens with zero attached hydrogens (tertiary/aromatic N) is 3. The number of alkyl halides is 3. The van der Waals surface area contributed by atoms with Crippen molar-refractivity contribution in [2.24, 2.45) is 0 Å². The van der Waals surface area contributed by atoms with Crippen molar-refractivity contribution in [3.05, 3.63) is 34.9 Å². The lowest BCUT2D eigenvalue weighted by molar-refractivity contribution is -0.192. The van der Waals surface area contributed by atoms with E-state index in [1.807, 2.05) is 41.8 Å². The molecule has 0 aromatic heterocycles. The third kappa shape index (κ3) is 6.97. The number of carbonyl (C=O) groups excluding carboxylic acids is 2. The van der Waals surface area contributed by atoms with Crippen LogP contribution in [-0.2, 0) is 14.3 Å². The van der Waals surface area contributed by atoms with E-state index in [0.29, 0.717) is 12.6 Å². The van der Waals surface area contributed by atoms with Gasteiger partial charge in [-0.2, -0.15) is 13.2 Å². The van der Waals surface area contributed by atoms with E-state index in [2.05, 4.69) is 11.8 Å². The molecule has 2 unspecified atom stereocenters. The van der Waals surface area contributed by atoms with Crippen LogP contribution < -0.4 is 0 Å². The van der Waals surface area contributed by atoms with Gasteiger partial charge in [-0.25, -0.2) is 9.59 Å². The van der Waals surface area contributed by atoms with Gasteiger partial charge < -0.3 is 19.5 Å². The van der Waals surface area contributed by atoms with Crippen molar-refractivity contribution in [3.63, 3.8) is 0 Å². The van der Waals surface area contributed by atoms with Gasteiger partial charge in [0.2, 0.25) is 0 Å². The molecule has 0 aliphatic carbocycles. The number of hydrogen-bond acceptors (Lipinski definition) is 6. The van der Waals surface area contributed by atoms with Crippen LogP contribution in [0.2, 0.25) is 0 Å². The molecule has 1 aromatic carbocycles. The van der Waals surface area contributed by atoms with Crippen molar-refractivity contribution in [1.29, 1.82) is 0 Å². The minimum absolute atomic E-state index is 0.0863. The Morgan fingerprint density at radius 3 is 2.15 bits per heavy atom. The third-order valence-corrected chi connectivity index (χ3v) is 9.03. The van der Waals surface area contributed by atoms with Crippen molar-refractivity contribution < 1.29 is 42.1 Å². The maximum Gasteiger partial charge on any atom is 0.490 e. The van der Waals surface area contributed by atoms with E-state index < -0.39 is 12.1 Å². The zero-order valence-corrected chi connectivity index (χ0v) is 23.9. The Morgan fingerprint density at radius 1 is 1.05 bits per heavy atom. The van der Waals surface area contributed by atoms with Gasteiger partial charge in [0.05, 0.1) is 18.7 Å². The highest BCUT2D eigenvalue weighted by Gasteiger charge is 2.53. The number of ether oxygens (including phenoxy) is 2. The summed E-state index contributed by atoms with van der Waals surface area (Å²) in [5.41, 5.74) is 2.61. The number of amides is 2. The summed E-state index contributed by atoms with van der Waals surface area (Å²) >= 11 is 0. The van der Waals surface area contributed by atoms with Crippen LogP contribution in [0.4, 0.5) is 18.0 Å². The summed E-state index contributed by atoms with van der Waals surface area (Å²) in [7, 11) is 0. The molecule has 0 bridgehead atoms. The first-order chi connectivity index (χ1) is 19.3. The SMILES string of the molecule is Cc1cccc(C)c1C(=O)N1CCC(N2CCC3(CC2)OC(=O)N(CC2CCCO2)C3C)CC1.O=C(O)C(F)(F)F. The molecular formula is C29H40F3N3O6. The Labute approximate surface area is 238 Å². The topological polar surface area (TPSA) is 99.6 Å². The van der Waals surface area contributed by atoms with Gasteiger partial charge in [-0.05, 0) is 57.6 Å². The molecule has 41 heavy (non-hydrogen) atoms. The normalized spacial score (nSPS) is 25.2. The van der Waals surface area contributed by atoms with Gasteiger partial charge in [0.15, 0.2) is 0 Å². The van der Waals surface area contributed by atoms with Crippen molar-refractivity contribution in [1.82, 2.24) is 14.7 Å². The van der Waals surface area contributed by atoms with Crippen LogP contribution in [0, 0.1) is 13.8 Å². The zero-order valence-electron chi connectivity index (χ0n) is 23.9. The highest BCUT2D eigenvalue weighted by Crippen LogP contribution is 2.40.